The van der Waals surface area contributed by atoms with Gasteiger partial charge in [-0.3, -0.25) is 0 Å². The highest BCUT2D eigenvalue weighted by atomic mass is 35.7. The van der Waals surface area contributed by atoms with Gasteiger partial charge in [0, 0.05) is 6.08 Å². The Morgan fingerprint density at radius 1 is 1.64 bits per heavy atom. The largest absolute Gasteiger partial charge is 0.463 e. The second kappa shape index (κ2) is 6.70. The molecule has 0 atom stereocenters. The first-order valence-electron chi connectivity index (χ1n) is 3.24. The molecular weight excluding hydrogens is 203 g/mol. The van der Waals surface area contributed by atoms with E-state index in [4.69, 9.17) is 22.2 Å². The van der Waals surface area contributed by atoms with Crippen LogP contribution >= 0.6 is 22.2 Å². The summed E-state index contributed by atoms with van der Waals surface area (Å²) in [6.45, 7) is 3.64. The molecule has 0 aromatic carbocycles. The van der Waals surface area contributed by atoms with Crippen LogP contribution in [0.25, 0.3) is 0 Å². The van der Waals surface area contributed by atoms with Crippen LogP contribution in [0.3, 0.4) is 0 Å². The molecule has 0 aliphatic carbocycles. The molecule has 64 valence electrons. The SMILES string of the molecule is C=CC(=O)OCCC[SiH](Cl)Cl. The van der Waals surface area contributed by atoms with Gasteiger partial charge in [0.1, 0.15) is 0 Å². The molecule has 0 aromatic rings. The lowest BCUT2D eigenvalue weighted by molar-refractivity contribution is -0.137. The summed E-state index contributed by atoms with van der Waals surface area (Å²) in [5, 5.41) is 0. The zero-order chi connectivity index (χ0) is 8.69. The number of hydrogen-bond donors (Lipinski definition) is 0. The first-order valence-corrected chi connectivity index (χ1v) is 7.55. The average molecular weight is 213 g/mol. The fourth-order valence-electron chi connectivity index (χ4n) is 0.469. The summed E-state index contributed by atoms with van der Waals surface area (Å²) in [6, 6.07) is 0.771. The Labute approximate surface area is 77.1 Å². The number of esters is 1. The number of halogens is 2. The zero-order valence-corrected chi connectivity index (χ0v) is 8.72. The second-order valence-corrected chi connectivity index (χ2v) is 7.10. The summed E-state index contributed by atoms with van der Waals surface area (Å²) in [5.41, 5.74) is 0. The minimum atomic E-state index is -1.52. The molecule has 0 aliphatic heterocycles. The summed E-state index contributed by atoms with van der Waals surface area (Å²) in [7, 11) is -1.52. The third-order valence-corrected chi connectivity index (χ3v) is 3.13. The van der Waals surface area contributed by atoms with Crippen LogP contribution in [-0.2, 0) is 9.53 Å². The fraction of sp³-hybridized carbons (Fsp3) is 0.500. The maximum Gasteiger partial charge on any atom is 0.330 e. The fourth-order valence-corrected chi connectivity index (χ4v) is 1.87. The van der Waals surface area contributed by atoms with Gasteiger partial charge in [-0.15, -0.1) is 0 Å². The van der Waals surface area contributed by atoms with Crippen LogP contribution in [0.4, 0.5) is 0 Å². The molecule has 0 unspecified atom stereocenters. The quantitative estimate of drug-likeness (QED) is 0.229. The molecule has 0 N–H and O–H groups in total. The number of rotatable bonds is 5. The van der Waals surface area contributed by atoms with E-state index in [9.17, 15) is 4.79 Å². The van der Waals surface area contributed by atoms with Gasteiger partial charge < -0.3 is 4.74 Å². The number of carbonyl (C=O) groups excluding carboxylic acids is 1. The normalized spacial score (nSPS) is 9.73. The van der Waals surface area contributed by atoms with Gasteiger partial charge in [-0.2, -0.15) is 22.2 Å². The van der Waals surface area contributed by atoms with Crippen LogP contribution in [0.15, 0.2) is 12.7 Å². The van der Waals surface area contributed by atoms with E-state index >= 15 is 0 Å². The molecule has 2 nitrogen and oxygen atoms in total. The molecule has 0 radical (unpaired) electrons. The van der Waals surface area contributed by atoms with E-state index in [0.29, 0.717) is 6.61 Å². The maximum absolute atomic E-state index is 10.5. The van der Waals surface area contributed by atoms with Crippen molar-refractivity contribution in [3.05, 3.63) is 12.7 Å². The summed E-state index contributed by atoms with van der Waals surface area (Å²) in [5.74, 6) is -0.396. The minimum Gasteiger partial charge on any atom is -0.463 e. The third-order valence-electron chi connectivity index (χ3n) is 0.978. The summed E-state index contributed by atoms with van der Waals surface area (Å²) in [6.07, 6.45) is 1.87. The number of hydrogen-bond acceptors (Lipinski definition) is 2. The molecule has 5 heteroatoms. The Bertz CT molecular complexity index is 139. The van der Waals surface area contributed by atoms with Crippen LogP contribution in [-0.4, -0.2) is 20.0 Å². The number of ether oxygens (including phenoxy) is 1. The highest BCUT2D eigenvalue weighted by Crippen LogP contribution is 2.05. The first-order chi connectivity index (χ1) is 5.16. The first kappa shape index (κ1) is 11.0. The van der Waals surface area contributed by atoms with Gasteiger partial charge >= 0.3 is 5.97 Å². The monoisotopic (exact) mass is 212 g/mol. The lowest BCUT2D eigenvalue weighted by Gasteiger charge is -2.00. The van der Waals surface area contributed by atoms with Gasteiger partial charge in [-0.1, -0.05) is 6.58 Å². The molecule has 0 aromatic heterocycles. The van der Waals surface area contributed by atoms with E-state index in [0.717, 1.165) is 18.5 Å². The van der Waals surface area contributed by atoms with Crippen LogP contribution in [0.5, 0.6) is 0 Å². The standard InChI is InChI=1S/C6H10Cl2O2Si/c1-2-6(9)10-4-3-5-11(7)8/h2,11H,1,3-5H2. The van der Waals surface area contributed by atoms with Crippen molar-refractivity contribution in [1.29, 1.82) is 0 Å². The Kier molecular flexibility index (Phi) is 6.70. The molecule has 0 heterocycles. The van der Waals surface area contributed by atoms with Crippen molar-refractivity contribution in [1.82, 2.24) is 0 Å². The lowest BCUT2D eigenvalue weighted by atomic mass is 10.5. The van der Waals surface area contributed by atoms with Crippen molar-refractivity contribution in [2.24, 2.45) is 0 Å². The number of carbonyl (C=O) groups is 1. The van der Waals surface area contributed by atoms with Crippen LogP contribution < -0.4 is 0 Å². The zero-order valence-electron chi connectivity index (χ0n) is 6.06. The lowest BCUT2D eigenvalue weighted by Crippen LogP contribution is -2.03. The van der Waals surface area contributed by atoms with Gasteiger partial charge in [0.05, 0.1) is 6.61 Å². The van der Waals surface area contributed by atoms with Crippen molar-refractivity contribution in [2.75, 3.05) is 6.61 Å². The summed E-state index contributed by atoms with van der Waals surface area (Å²) >= 11 is 11.1. The Hall–Kier alpha value is 0.00688. The highest BCUT2D eigenvalue weighted by Gasteiger charge is 2.01. The van der Waals surface area contributed by atoms with E-state index in [2.05, 4.69) is 11.3 Å². The van der Waals surface area contributed by atoms with Gasteiger partial charge in [-0.25, -0.2) is 4.79 Å². The summed E-state index contributed by atoms with van der Waals surface area (Å²) in [4.78, 5) is 10.5. The predicted octanol–water partition coefficient (Wildman–Crippen LogP) is 1.80. The van der Waals surface area contributed by atoms with Crippen LogP contribution in [0.1, 0.15) is 6.42 Å². The Morgan fingerprint density at radius 2 is 2.27 bits per heavy atom. The van der Waals surface area contributed by atoms with Crippen molar-refractivity contribution in [2.45, 2.75) is 12.5 Å². The molecular formula is C6H10Cl2O2Si. The predicted molar refractivity (Wildman–Crippen MR) is 49.4 cm³/mol. The summed E-state index contributed by atoms with van der Waals surface area (Å²) < 4.78 is 4.69. The molecule has 0 saturated carbocycles. The van der Waals surface area contributed by atoms with Crippen molar-refractivity contribution >= 4 is 35.5 Å². The highest BCUT2D eigenvalue weighted by molar-refractivity contribution is 7.33. The molecule has 0 saturated heterocycles. The molecule has 11 heavy (non-hydrogen) atoms. The molecule has 0 spiro atoms. The van der Waals surface area contributed by atoms with Crippen molar-refractivity contribution in [3.8, 4) is 0 Å². The van der Waals surface area contributed by atoms with E-state index in [1.165, 1.54) is 0 Å². The molecule has 0 fully saturated rings. The van der Waals surface area contributed by atoms with Gasteiger partial charge in [-0.05, 0) is 12.5 Å². The second-order valence-electron chi connectivity index (χ2n) is 1.90. The van der Waals surface area contributed by atoms with Crippen molar-refractivity contribution < 1.29 is 9.53 Å². The van der Waals surface area contributed by atoms with Crippen LogP contribution in [0.2, 0.25) is 6.04 Å². The average Bonchev–Trinajstić information content (AvgIpc) is 1.97. The topological polar surface area (TPSA) is 26.3 Å². The maximum atomic E-state index is 10.5. The molecule has 0 rings (SSSR count). The Morgan fingerprint density at radius 3 is 2.73 bits per heavy atom. The van der Waals surface area contributed by atoms with Crippen LogP contribution in [0, 0.1) is 0 Å². The minimum absolute atomic E-state index is 0.383. The molecule has 0 aliphatic rings. The van der Waals surface area contributed by atoms with E-state index < -0.39 is 13.4 Å². The van der Waals surface area contributed by atoms with E-state index in [-0.39, 0.29) is 0 Å². The van der Waals surface area contributed by atoms with Gasteiger partial charge in [0.25, 0.3) is 0 Å². The Balaban J connectivity index is 3.14. The van der Waals surface area contributed by atoms with Gasteiger partial charge in [0.2, 0.25) is 7.42 Å². The smallest absolute Gasteiger partial charge is 0.330 e. The van der Waals surface area contributed by atoms with E-state index in [1.807, 2.05) is 0 Å². The van der Waals surface area contributed by atoms with Crippen molar-refractivity contribution in [3.63, 3.8) is 0 Å². The molecule has 0 amide bonds. The third kappa shape index (κ3) is 7.91. The van der Waals surface area contributed by atoms with E-state index in [1.54, 1.807) is 0 Å². The molecule has 0 bridgehead atoms. The van der Waals surface area contributed by atoms with Gasteiger partial charge in [0.15, 0.2) is 0 Å².